The predicted octanol–water partition coefficient (Wildman–Crippen LogP) is 3.52. The average molecular weight is 293 g/mol. The van der Waals surface area contributed by atoms with Crippen LogP contribution in [0.2, 0.25) is 0 Å². The molecule has 3 nitrogen and oxygen atoms in total. The van der Waals surface area contributed by atoms with Crippen LogP contribution in [0.25, 0.3) is 11.1 Å². The number of hydrogen-bond donors (Lipinski definition) is 2. The molecule has 0 spiro atoms. The van der Waals surface area contributed by atoms with Crippen molar-refractivity contribution in [2.75, 3.05) is 0 Å². The van der Waals surface area contributed by atoms with Gasteiger partial charge in [-0.05, 0) is 39.7 Å². The Balaban J connectivity index is 2.58. The van der Waals surface area contributed by atoms with Crippen molar-refractivity contribution in [3.05, 3.63) is 52.5 Å². The summed E-state index contributed by atoms with van der Waals surface area (Å²) in [4.78, 5) is 11.0. The number of rotatable bonds is 2. The second-order valence-corrected chi connectivity index (χ2v) is 4.37. The highest BCUT2D eigenvalue weighted by Crippen LogP contribution is 2.31. The molecular formula is C13H9BrO3. The summed E-state index contributed by atoms with van der Waals surface area (Å²) in [5.74, 6) is -0.875. The molecule has 86 valence electrons. The first-order chi connectivity index (χ1) is 8.09. The molecule has 0 amide bonds. The topological polar surface area (TPSA) is 57.5 Å². The highest BCUT2D eigenvalue weighted by molar-refractivity contribution is 9.10. The number of phenolic OH excluding ortho intramolecular Hbond substituents is 1. The van der Waals surface area contributed by atoms with E-state index >= 15 is 0 Å². The lowest BCUT2D eigenvalue weighted by Crippen LogP contribution is -1.97. The third-order valence-electron chi connectivity index (χ3n) is 2.41. The first-order valence-corrected chi connectivity index (χ1v) is 5.70. The normalized spacial score (nSPS) is 10.2. The molecule has 0 atom stereocenters. The van der Waals surface area contributed by atoms with Gasteiger partial charge in [0.2, 0.25) is 0 Å². The Bertz CT molecular complexity index is 579. The second kappa shape index (κ2) is 4.59. The van der Waals surface area contributed by atoms with E-state index < -0.39 is 5.97 Å². The molecule has 2 rings (SSSR count). The van der Waals surface area contributed by atoms with Crippen LogP contribution in [0.1, 0.15) is 10.4 Å². The number of aromatic hydroxyl groups is 1. The van der Waals surface area contributed by atoms with Gasteiger partial charge in [0.1, 0.15) is 5.75 Å². The summed E-state index contributed by atoms with van der Waals surface area (Å²) < 4.78 is 0.518. The average Bonchev–Trinajstić information content (AvgIpc) is 2.30. The van der Waals surface area contributed by atoms with Crippen LogP contribution in [0.3, 0.4) is 0 Å². The molecule has 0 saturated heterocycles. The number of carboxylic acids is 1. The maximum absolute atomic E-state index is 11.0. The Kier molecular flexibility index (Phi) is 3.15. The summed E-state index contributed by atoms with van der Waals surface area (Å²) in [6.45, 7) is 0. The van der Waals surface area contributed by atoms with Gasteiger partial charge in [0.15, 0.2) is 0 Å². The summed E-state index contributed by atoms with van der Waals surface area (Å²) >= 11 is 3.18. The minimum atomic E-state index is -1.01. The third kappa shape index (κ3) is 2.31. The Morgan fingerprint density at radius 3 is 2.47 bits per heavy atom. The standard InChI is InChI=1S/C13H9BrO3/c14-11-6-5-8(7-10(11)13(16)17)9-3-1-2-4-12(9)15/h1-7,15H,(H,16,17). The highest BCUT2D eigenvalue weighted by atomic mass is 79.9. The van der Waals surface area contributed by atoms with Crippen LogP contribution in [0.15, 0.2) is 46.9 Å². The van der Waals surface area contributed by atoms with Crippen LogP contribution in [0, 0.1) is 0 Å². The van der Waals surface area contributed by atoms with Crippen molar-refractivity contribution in [2.45, 2.75) is 0 Å². The maximum Gasteiger partial charge on any atom is 0.336 e. The number of carboxylic acid groups (broad SMARTS) is 1. The van der Waals surface area contributed by atoms with Gasteiger partial charge in [-0.2, -0.15) is 0 Å². The molecular weight excluding hydrogens is 284 g/mol. The van der Waals surface area contributed by atoms with E-state index in [1.807, 2.05) is 0 Å². The van der Waals surface area contributed by atoms with Gasteiger partial charge < -0.3 is 10.2 Å². The van der Waals surface area contributed by atoms with Crippen LogP contribution in [-0.2, 0) is 0 Å². The van der Waals surface area contributed by atoms with Crippen LogP contribution in [-0.4, -0.2) is 16.2 Å². The second-order valence-electron chi connectivity index (χ2n) is 3.52. The fourth-order valence-corrected chi connectivity index (χ4v) is 1.99. The molecule has 0 aliphatic rings. The van der Waals surface area contributed by atoms with Crippen molar-refractivity contribution in [3.63, 3.8) is 0 Å². The maximum atomic E-state index is 11.0. The van der Waals surface area contributed by atoms with Crippen molar-refractivity contribution in [1.29, 1.82) is 0 Å². The zero-order valence-electron chi connectivity index (χ0n) is 8.72. The van der Waals surface area contributed by atoms with Gasteiger partial charge in [-0.25, -0.2) is 4.79 Å². The first-order valence-electron chi connectivity index (χ1n) is 4.91. The summed E-state index contributed by atoms with van der Waals surface area (Å²) in [6, 6.07) is 11.8. The summed E-state index contributed by atoms with van der Waals surface area (Å²) in [5, 5.41) is 18.7. The number of para-hydroxylation sites is 1. The lowest BCUT2D eigenvalue weighted by Gasteiger charge is -2.06. The van der Waals surface area contributed by atoms with Crippen molar-refractivity contribution in [2.24, 2.45) is 0 Å². The summed E-state index contributed by atoms with van der Waals surface area (Å²) in [5.41, 5.74) is 1.46. The summed E-state index contributed by atoms with van der Waals surface area (Å²) in [6.07, 6.45) is 0. The Hall–Kier alpha value is -1.81. The van der Waals surface area contributed by atoms with E-state index in [2.05, 4.69) is 15.9 Å². The van der Waals surface area contributed by atoms with Gasteiger partial charge in [-0.3, -0.25) is 0 Å². The largest absolute Gasteiger partial charge is 0.507 e. The van der Waals surface area contributed by atoms with Gasteiger partial charge >= 0.3 is 5.97 Å². The van der Waals surface area contributed by atoms with E-state index in [9.17, 15) is 9.90 Å². The summed E-state index contributed by atoms with van der Waals surface area (Å²) in [7, 11) is 0. The third-order valence-corrected chi connectivity index (χ3v) is 3.10. The Morgan fingerprint density at radius 2 is 1.82 bits per heavy atom. The molecule has 0 heterocycles. The molecule has 2 aromatic carbocycles. The number of aromatic carboxylic acids is 1. The van der Waals surface area contributed by atoms with E-state index in [1.165, 1.54) is 6.07 Å². The SMILES string of the molecule is O=C(O)c1cc(-c2ccccc2O)ccc1Br. The van der Waals surface area contributed by atoms with Gasteiger partial charge in [0.25, 0.3) is 0 Å². The zero-order chi connectivity index (χ0) is 12.4. The molecule has 0 bridgehead atoms. The molecule has 17 heavy (non-hydrogen) atoms. The molecule has 0 aliphatic carbocycles. The molecule has 0 aromatic heterocycles. The van der Waals surface area contributed by atoms with Crippen molar-refractivity contribution >= 4 is 21.9 Å². The molecule has 0 aliphatic heterocycles. The molecule has 0 saturated carbocycles. The monoisotopic (exact) mass is 292 g/mol. The lowest BCUT2D eigenvalue weighted by atomic mass is 10.0. The van der Waals surface area contributed by atoms with Crippen LogP contribution in [0.4, 0.5) is 0 Å². The minimum Gasteiger partial charge on any atom is -0.507 e. The van der Waals surface area contributed by atoms with E-state index in [4.69, 9.17) is 5.11 Å². The van der Waals surface area contributed by atoms with Crippen molar-refractivity contribution in [1.82, 2.24) is 0 Å². The fourth-order valence-electron chi connectivity index (χ4n) is 1.57. The molecule has 4 heteroatoms. The van der Waals surface area contributed by atoms with Gasteiger partial charge in [-0.1, -0.05) is 24.3 Å². The molecule has 2 N–H and O–H groups in total. The first kappa shape index (κ1) is 11.7. The van der Waals surface area contributed by atoms with Crippen molar-refractivity contribution in [3.8, 4) is 16.9 Å². The number of carbonyl (C=O) groups is 1. The minimum absolute atomic E-state index is 0.131. The Labute approximate surface area is 106 Å². The quantitative estimate of drug-likeness (QED) is 0.890. The number of hydrogen-bond acceptors (Lipinski definition) is 2. The van der Waals surface area contributed by atoms with E-state index in [1.54, 1.807) is 36.4 Å². The number of benzene rings is 2. The Morgan fingerprint density at radius 1 is 1.12 bits per heavy atom. The van der Waals surface area contributed by atoms with E-state index in [-0.39, 0.29) is 11.3 Å². The number of phenols is 1. The smallest absolute Gasteiger partial charge is 0.336 e. The molecule has 0 unspecified atom stereocenters. The van der Waals surface area contributed by atoms with Gasteiger partial charge in [-0.15, -0.1) is 0 Å². The molecule has 0 radical (unpaired) electrons. The lowest BCUT2D eigenvalue weighted by molar-refractivity contribution is 0.0696. The zero-order valence-corrected chi connectivity index (χ0v) is 10.3. The highest BCUT2D eigenvalue weighted by Gasteiger charge is 2.11. The van der Waals surface area contributed by atoms with Gasteiger partial charge in [0.05, 0.1) is 5.56 Å². The van der Waals surface area contributed by atoms with E-state index in [0.717, 1.165) is 0 Å². The van der Waals surface area contributed by atoms with Crippen molar-refractivity contribution < 1.29 is 15.0 Å². The molecule has 0 fully saturated rings. The van der Waals surface area contributed by atoms with E-state index in [0.29, 0.717) is 15.6 Å². The molecule has 2 aromatic rings. The van der Waals surface area contributed by atoms with Crippen LogP contribution >= 0.6 is 15.9 Å². The fraction of sp³-hybridized carbons (Fsp3) is 0. The van der Waals surface area contributed by atoms with Crippen LogP contribution < -0.4 is 0 Å². The number of halogens is 1. The predicted molar refractivity (Wildman–Crippen MR) is 68.2 cm³/mol. The van der Waals surface area contributed by atoms with Crippen LogP contribution in [0.5, 0.6) is 5.75 Å². The van der Waals surface area contributed by atoms with Gasteiger partial charge in [0, 0.05) is 10.0 Å².